The van der Waals surface area contributed by atoms with Gasteiger partial charge in [-0.2, -0.15) is 8.42 Å². The summed E-state index contributed by atoms with van der Waals surface area (Å²) < 4.78 is 29.6. The molecule has 0 saturated heterocycles. The lowest BCUT2D eigenvalue weighted by Crippen LogP contribution is -2.03. The van der Waals surface area contributed by atoms with E-state index in [1.165, 1.54) is 70.6 Å². The summed E-state index contributed by atoms with van der Waals surface area (Å²) in [5.74, 6) is -0.0850. The first-order valence-corrected chi connectivity index (χ1v) is 10.3. The summed E-state index contributed by atoms with van der Waals surface area (Å²) in [6.07, 6.45) is 16.8. The van der Waals surface area contributed by atoms with Gasteiger partial charge in [-0.3, -0.25) is 4.55 Å². The van der Waals surface area contributed by atoms with Crippen molar-refractivity contribution < 1.29 is 13.0 Å². The zero-order valence-corrected chi connectivity index (χ0v) is 14.4. The Labute approximate surface area is 131 Å². The maximum atomic E-state index is 10.5. The molecule has 0 aliphatic heterocycles. The second-order valence-electron chi connectivity index (χ2n) is 6.02. The van der Waals surface area contributed by atoms with Crippen molar-refractivity contribution in [3.05, 3.63) is 0 Å². The number of nitrogens with two attached hydrogens (primary N) is 1. The first-order valence-electron chi connectivity index (χ1n) is 8.71. The predicted octanol–water partition coefficient (Wildman–Crippen LogP) is 4.29. The van der Waals surface area contributed by atoms with Gasteiger partial charge in [-0.1, -0.05) is 77.0 Å². The van der Waals surface area contributed by atoms with Gasteiger partial charge in [0, 0.05) is 0 Å². The number of rotatable bonds is 16. The van der Waals surface area contributed by atoms with E-state index in [1.54, 1.807) is 0 Å². The third-order valence-corrected chi connectivity index (χ3v) is 4.66. The van der Waals surface area contributed by atoms with Crippen LogP contribution in [0.1, 0.15) is 89.9 Å². The summed E-state index contributed by atoms with van der Waals surface area (Å²) in [5, 5.41) is 0. The predicted molar refractivity (Wildman–Crippen MR) is 90.1 cm³/mol. The lowest BCUT2D eigenvalue weighted by molar-refractivity contribution is 0.478. The molecule has 0 fully saturated rings. The Morgan fingerprint density at radius 1 is 0.571 bits per heavy atom. The zero-order valence-electron chi connectivity index (χ0n) is 13.6. The molecule has 4 nitrogen and oxygen atoms in total. The molecule has 21 heavy (non-hydrogen) atoms. The van der Waals surface area contributed by atoms with Gasteiger partial charge in [0.1, 0.15) is 0 Å². The Morgan fingerprint density at radius 3 is 1.14 bits per heavy atom. The van der Waals surface area contributed by atoms with E-state index in [0.717, 1.165) is 19.4 Å². The van der Waals surface area contributed by atoms with Gasteiger partial charge in [-0.25, -0.2) is 0 Å². The average Bonchev–Trinajstić information content (AvgIpc) is 2.42. The van der Waals surface area contributed by atoms with Crippen LogP contribution in [-0.2, 0) is 10.1 Å². The van der Waals surface area contributed by atoms with Crippen LogP contribution in [0.15, 0.2) is 0 Å². The van der Waals surface area contributed by atoms with E-state index in [2.05, 4.69) is 0 Å². The quantitative estimate of drug-likeness (QED) is 0.328. The first kappa shape index (κ1) is 20.9. The highest BCUT2D eigenvalue weighted by Gasteiger charge is 2.02. The lowest BCUT2D eigenvalue weighted by Gasteiger charge is -2.03. The van der Waals surface area contributed by atoms with Gasteiger partial charge < -0.3 is 5.73 Å². The van der Waals surface area contributed by atoms with Crippen LogP contribution in [0.5, 0.6) is 0 Å². The van der Waals surface area contributed by atoms with E-state index in [-0.39, 0.29) is 5.75 Å². The molecule has 0 heterocycles. The molecule has 0 saturated carbocycles. The smallest absolute Gasteiger partial charge is 0.264 e. The Morgan fingerprint density at radius 2 is 0.857 bits per heavy atom. The van der Waals surface area contributed by atoms with Crippen LogP contribution < -0.4 is 5.73 Å². The SMILES string of the molecule is NCCCCCCCCCCCCCCCCS(=O)(=O)O. The highest BCUT2D eigenvalue weighted by Crippen LogP contribution is 2.13. The second-order valence-corrected chi connectivity index (χ2v) is 7.60. The fraction of sp³-hybridized carbons (Fsp3) is 1.00. The van der Waals surface area contributed by atoms with Crippen LogP contribution in [0.25, 0.3) is 0 Å². The topological polar surface area (TPSA) is 80.4 Å². The van der Waals surface area contributed by atoms with Crippen LogP contribution in [0.4, 0.5) is 0 Å². The number of unbranched alkanes of at least 4 members (excludes halogenated alkanes) is 13. The standard InChI is InChI=1S/C16H35NO3S/c17-15-13-11-9-7-5-3-1-2-4-6-8-10-12-14-16-21(18,19)20/h1-17H2,(H,18,19,20). The van der Waals surface area contributed by atoms with Crippen LogP contribution in [-0.4, -0.2) is 25.3 Å². The molecule has 0 aromatic rings. The molecule has 0 aliphatic rings. The van der Waals surface area contributed by atoms with Crippen molar-refractivity contribution in [2.45, 2.75) is 89.9 Å². The van der Waals surface area contributed by atoms with Gasteiger partial charge >= 0.3 is 0 Å². The van der Waals surface area contributed by atoms with Gasteiger partial charge in [0.2, 0.25) is 0 Å². The Bertz CT molecular complexity index is 305. The summed E-state index contributed by atoms with van der Waals surface area (Å²) in [7, 11) is -3.75. The van der Waals surface area contributed by atoms with Crippen molar-refractivity contribution in [2.75, 3.05) is 12.3 Å². The Hall–Kier alpha value is -0.130. The van der Waals surface area contributed by atoms with Crippen LogP contribution >= 0.6 is 0 Å². The van der Waals surface area contributed by atoms with Crippen molar-refractivity contribution >= 4 is 10.1 Å². The van der Waals surface area contributed by atoms with Crippen molar-refractivity contribution in [3.8, 4) is 0 Å². The van der Waals surface area contributed by atoms with Crippen molar-refractivity contribution in [2.24, 2.45) is 5.73 Å². The molecule has 0 atom stereocenters. The van der Waals surface area contributed by atoms with Crippen LogP contribution in [0.3, 0.4) is 0 Å². The molecule has 0 amide bonds. The molecule has 0 aromatic heterocycles. The minimum atomic E-state index is -3.75. The van der Waals surface area contributed by atoms with E-state index < -0.39 is 10.1 Å². The molecule has 5 heteroatoms. The van der Waals surface area contributed by atoms with E-state index >= 15 is 0 Å². The Balaban J connectivity index is 3.03. The van der Waals surface area contributed by atoms with Gasteiger partial charge in [-0.05, 0) is 19.4 Å². The molecule has 128 valence electrons. The third kappa shape index (κ3) is 19.9. The van der Waals surface area contributed by atoms with E-state index in [4.69, 9.17) is 10.3 Å². The average molecular weight is 322 g/mol. The highest BCUT2D eigenvalue weighted by molar-refractivity contribution is 7.85. The van der Waals surface area contributed by atoms with Gasteiger partial charge in [0.15, 0.2) is 0 Å². The molecular weight excluding hydrogens is 286 g/mol. The molecule has 0 radical (unpaired) electrons. The van der Waals surface area contributed by atoms with Crippen LogP contribution in [0, 0.1) is 0 Å². The summed E-state index contributed by atoms with van der Waals surface area (Å²) in [6.45, 7) is 0.829. The maximum Gasteiger partial charge on any atom is 0.264 e. The van der Waals surface area contributed by atoms with E-state index in [0.29, 0.717) is 6.42 Å². The third-order valence-electron chi connectivity index (χ3n) is 3.86. The first-order chi connectivity index (χ1) is 10.1. The zero-order chi connectivity index (χ0) is 15.8. The minimum absolute atomic E-state index is 0.0850. The molecule has 0 unspecified atom stereocenters. The molecule has 3 N–H and O–H groups in total. The monoisotopic (exact) mass is 321 g/mol. The number of hydrogen-bond donors (Lipinski definition) is 2. The minimum Gasteiger partial charge on any atom is -0.330 e. The summed E-state index contributed by atoms with van der Waals surface area (Å²) in [4.78, 5) is 0. The van der Waals surface area contributed by atoms with Crippen molar-refractivity contribution in [1.29, 1.82) is 0 Å². The molecule has 0 spiro atoms. The van der Waals surface area contributed by atoms with Gasteiger partial charge in [-0.15, -0.1) is 0 Å². The molecular formula is C16H35NO3S. The summed E-state index contributed by atoms with van der Waals surface area (Å²) >= 11 is 0. The normalized spacial score (nSPS) is 11.9. The molecule has 0 aliphatic carbocycles. The molecule has 0 bridgehead atoms. The summed E-state index contributed by atoms with van der Waals surface area (Å²) in [5.41, 5.74) is 5.46. The van der Waals surface area contributed by atoms with Crippen molar-refractivity contribution in [3.63, 3.8) is 0 Å². The lowest BCUT2D eigenvalue weighted by atomic mass is 10.0. The van der Waals surface area contributed by atoms with E-state index in [1.807, 2.05) is 0 Å². The number of hydrogen-bond acceptors (Lipinski definition) is 3. The second kappa shape index (κ2) is 14.8. The fourth-order valence-corrected chi connectivity index (χ4v) is 3.12. The van der Waals surface area contributed by atoms with E-state index in [9.17, 15) is 8.42 Å². The molecule has 0 aromatic carbocycles. The van der Waals surface area contributed by atoms with Gasteiger partial charge in [0.25, 0.3) is 10.1 Å². The molecule has 0 rings (SSSR count). The maximum absolute atomic E-state index is 10.5. The highest BCUT2D eigenvalue weighted by atomic mass is 32.2. The largest absolute Gasteiger partial charge is 0.330 e. The van der Waals surface area contributed by atoms with Gasteiger partial charge in [0.05, 0.1) is 5.75 Å². The van der Waals surface area contributed by atoms with Crippen LogP contribution in [0.2, 0.25) is 0 Å². The fourth-order valence-electron chi connectivity index (χ4n) is 2.55. The van der Waals surface area contributed by atoms with Crippen molar-refractivity contribution in [1.82, 2.24) is 0 Å². The summed E-state index contributed by atoms with van der Waals surface area (Å²) in [6, 6.07) is 0. The Kier molecular flexibility index (Phi) is 14.7.